The first-order chi connectivity index (χ1) is 10.0. The van der Waals surface area contributed by atoms with Crippen LogP contribution in [0.5, 0.6) is 0 Å². The van der Waals surface area contributed by atoms with Gasteiger partial charge in [0.2, 0.25) is 0 Å². The molecule has 118 valence electrons. The van der Waals surface area contributed by atoms with E-state index < -0.39 is 0 Å². The SMILES string of the molecule is Cc1csc(CNC(=O)NC[C@H](C)N2CCC[C@H](C)C2)n1. The summed E-state index contributed by atoms with van der Waals surface area (Å²) in [6.45, 7) is 9.92. The number of aryl methyl sites for hydroxylation is 1. The number of hydrogen-bond acceptors (Lipinski definition) is 4. The number of carbonyl (C=O) groups is 1. The third-order valence-electron chi connectivity index (χ3n) is 3.94. The average Bonchev–Trinajstić information content (AvgIpc) is 2.88. The van der Waals surface area contributed by atoms with E-state index in [1.54, 1.807) is 11.3 Å². The molecular formula is C15H26N4OS. The van der Waals surface area contributed by atoms with E-state index in [1.807, 2.05) is 12.3 Å². The van der Waals surface area contributed by atoms with Crippen LogP contribution in [0, 0.1) is 12.8 Å². The van der Waals surface area contributed by atoms with E-state index in [0.717, 1.165) is 29.7 Å². The van der Waals surface area contributed by atoms with E-state index in [4.69, 9.17) is 0 Å². The monoisotopic (exact) mass is 310 g/mol. The van der Waals surface area contributed by atoms with Gasteiger partial charge in [-0.2, -0.15) is 0 Å². The molecule has 2 atom stereocenters. The lowest BCUT2D eigenvalue weighted by Gasteiger charge is -2.35. The number of rotatable bonds is 5. The van der Waals surface area contributed by atoms with Crippen LogP contribution >= 0.6 is 11.3 Å². The summed E-state index contributed by atoms with van der Waals surface area (Å²) in [7, 11) is 0. The average molecular weight is 310 g/mol. The van der Waals surface area contributed by atoms with Crippen LogP contribution < -0.4 is 10.6 Å². The molecule has 0 saturated carbocycles. The molecule has 1 saturated heterocycles. The molecule has 0 aromatic carbocycles. The topological polar surface area (TPSA) is 57.3 Å². The quantitative estimate of drug-likeness (QED) is 0.878. The first-order valence-electron chi connectivity index (χ1n) is 7.71. The highest BCUT2D eigenvalue weighted by molar-refractivity contribution is 7.09. The van der Waals surface area contributed by atoms with Gasteiger partial charge in [0, 0.05) is 30.2 Å². The fourth-order valence-corrected chi connectivity index (χ4v) is 3.41. The summed E-state index contributed by atoms with van der Waals surface area (Å²) in [4.78, 5) is 18.6. The Morgan fingerprint density at radius 3 is 3.05 bits per heavy atom. The number of likely N-dealkylation sites (tertiary alicyclic amines) is 1. The van der Waals surface area contributed by atoms with Crippen molar-refractivity contribution in [3.05, 3.63) is 16.1 Å². The van der Waals surface area contributed by atoms with Crippen LogP contribution in [0.1, 0.15) is 37.4 Å². The molecule has 0 radical (unpaired) electrons. The van der Waals surface area contributed by atoms with E-state index in [2.05, 4.69) is 34.4 Å². The summed E-state index contributed by atoms with van der Waals surface area (Å²) in [5.41, 5.74) is 1.00. The Morgan fingerprint density at radius 1 is 1.57 bits per heavy atom. The van der Waals surface area contributed by atoms with Gasteiger partial charge in [0.25, 0.3) is 0 Å². The predicted molar refractivity (Wildman–Crippen MR) is 86.5 cm³/mol. The van der Waals surface area contributed by atoms with E-state index in [0.29, 0.717) is 19.1 Å². The molecule has 1 aliphatic heterocycles. The maximum Gasteiger partial charge on any atom is 0.315 e. The fourth-order valence-electron chi connectivity index (χ4n) is 2.70. The first kappa shape index (κ1) is 16.2. The van der Waals surface area contributed by atoms with Gasteiger partial charge in [0.15, 0.2) is 0 Å². The van der Waals surface area contributed by atoms with Crippen molar-refractivity contribution in [3.63, 3.8) is 0 Å². The van der Waals surface area contributed by atoms with Gasteiger partial charge in [-0.1, -0.05) is 6.92 Å². The van der Waals surface area contributed by atoms with Crippen LogP contribution in [0.2, 0.25) is 0 Å². The number of carbonyl (C=O) groups excluding carboxylic acids is 1. The van der Waals surface area contributed by atoms with Gasteiger partial charge in [0.1, 0.15) is 5.01 Å². The van der Waals surface area contributed by atoms with Gasteiger partial charge in [0.05, 0.1) is 6.54 Å². The maximum absolute atomic E-state index is 11.8. The lowest BCUT2D eigenvalue weighted by molar-refractivity contribution is 0.137. The lowest BCUT2D eigenvalue weighted by atomic mass is 9.99. The zero-order chi connectivity index (χ0) is 15.2. The van der Waals surface area contributed by atoms with Gasteiger partial charge in [-0.05, 0) is 39.2 Å². The maximum atomic E-state index is 11.8. The molecule has 2 N–H and O–H groups in total. The van der Waals surface area contributed by atoms with E-state index in [1.165, 1.54) is 12.8 Å². The second-order valence-electron chi connectivity index (χ2n) is 6.04. The van der Waals surface area contributed by atoms with Gasteiger partial charge in [-0.3, -0.25) is 4.90 Å². The second-order valence-corrected chi connectivity index (χ2v) is 6.98. The zero-order valence-corrected chi connectivity index (χ0v) is 14.0. The Labute approximate surface area is 131 Å². The molecule has 1 aromatic heterocycles. The van der Waals surface area contributed by atoms with E-state index in [9.17, 15) is 4.79 Å². The van der Waals surface area contributed by atoms with Crippen molar-refractivity contribution in [1.82, 2.24) is 20.5 Å². The molecule has 0 unspecified atom stereocenters. The van der Waals surface area contributed by atoms with Gasteiger partial charge in [-0.15, -0.1) is 11.3 Å². The third kappa shape index (κ3) is 5.28. The molecular weight excluding hydrogens is 284 g/mol. The molecule has 2 rings (SSSR count). The number of thiazole rings is 1. The Morgan fingerprint density at radius 2 is 2.38 bits per heavy atom. The van der Waals surface area contributed by atoms with Gasteiger partial charge in [-0.25, -0.2) is 9.78 Å². The molecule has 2 amide bonds. The summed E-state index contributed by atoms with van der Waals surface area (Å²) in [5, 5.41) is 8.75. The summed E-state index contributed by atoms with van der Waals surface area (Å²) in [5.74, 6) is 0.767. The first-order valence-corrected chi connectivity index (χ1v) is 8.59. The fraction of sp³-hybridized carbons (Fsp3) is 0.733. The molecule has 2 heterocycles. The Kier molecular flexibility index (Phi) is 5.99. The number of aromatic nitrogens is 1. The summed E-state index contributed by atoms with van der Waals surface area (Å²) in [6, 6.07) is 0.278. The van der Waals surface area contributed by atoms with E-state index >= 15 is 0 Å². The number of urea groups is 1. The van der Waals surface area contributed by atoms with Crippen LogP contribution in [0.3, 0.4) is 0 Å². The zero-order valence-electron chi connectivity index (χ0n) is 13.2. The Balaban J connectivity index is 1.66. The van der Waals surface area contributed by atoms with Crippen molar-refractivity contribution < 1.29 is 4.79 Å². The third-order valence-corrected chi connectivity index (χ3v) is 4.90. The highest BCUT2D eigenvalue weighted by atomic mass is 32.1. The van der Waals surface area contributed by atoms with Crippen LogP contribution in [0.15, 0.2) is 5.38 Å². The van der Waals surface area contributed by atoms with Gasteiger partial charge < -0.3 is 10.6 Å². The minimum absolute atomic E-state index is 0.111. The predicted octanol–water partition coefficient (Wildman–Crippen LogP) is 2.37. The van der Waals surface area contributed by atoms with Crippen LogP contribution in [0.4, 0.5) is 4.79 Å². The van der Waals surface area contributed by atoms with Crippen LogP contribution in [-0.4, -0.2) is 41.6 Å². The number of nitrogens with zero attached hydrogens (tertiary/aromatic N) is 2. The molecule has 21 heavy (non-hydrogen) atoms. The van der Waals surface area contributed by atoms with Crippen LogP contribution in [-0.2, 0) is 6.54 Å². The van der Waals surface area contributed by atoms with Crippen molar-refractivity contribution in [3.8, 4) is 0 Å². The van der Waals surface area contributed by atoms with Crippen LogP contribution in [0.25, 0.3) is 0 Å². The summed E-state index contributed by atoms with van der Waals surface area (Å²) < 4.78 is 0. The number of amides is 2. The molecule has 6 heteroatoms. The second kappa shape index (κ2) is 7.75. The standard InChI is InChI=1S/C15H26N4OS/c1-11-5-4-6-19(9-11)13(3)7-16-15(20)17-8-14-18-12(2)10-21-14/h10-11,13H,4-9H2,1-3H3,(H2,16,17,20)/t11-,13-/m0/s1. The molecule has 1 aromatic rings. The van der Waals surface area contributed by atoms with Crippen molar-refractivity contribution >= 4 is 17.4 Å². The smallest absolute Gasteiger partial charge is 0.315 e. The Hall–Kier alpha value is -1.14. The molecule has 5 nitrogen and oxygen atoms in total. The lowest BCUT2D eigenvalue weighted by Crippen LogP contribution is -2.48. The summed E-state index contributed by atoms with van der Waals surface area (Å²) in [6.07, 6.45) is 2.59. The Bertz CT molecular complexity index is 462. The summed E-state index contributed by atoms with van der Waals surface area (Å²) >= 11 is 1.58. The van der Waals surface area contributed by atoms with Crippen molar-refractivity contribution in [2.75, 3.05) is 19.6 Å². The molecule has 1 fully saturated rings. The molecule has 0 bridgehead atoms. The normalized spacial score (nSPS) is 21.0. The minimum atomic E-state index is -0.111. The van der Waals surface area contributed by atoms with Gasteiger partial charge >= 0.3 is 6.03 Å². The van der Waals surface area contributed by atoms with E-state index in [-0.39, 0.29) is 6.03 Å². The minimum Gasteiger partial charge on any atom is -0.337 e. The van der Waals surface area contributed by atoms with Crippen molar-refractivity contribution in [2.24, 2.45) is 5.92 Å². The highest BCUT2D eigenvalue weighted by Gasteiger charge is 2.21. The molecule has 1 aliphatic rings. The highest BCUT2D eigenvalue weighted by Crippen LogP contribution is 2.17. The van der Waals surface area contributed by atoms with Crippen molar-refractivity contribution in [2.45, 2.75) is 46.2 Å². The molecule has 0 spiro atoms. The molecule has 0 aliphatic carbocycles. The van der Waals surface area contributed by atoms with Crippen molar-refractivity contribution in [1.29, 1.82) is 0 Å². The number of piperidine rings is 1. The number of nitrogens with one attached hydrogen (secondary N) is 2. The number of hydrogen-bond donors (Lipinski definition) is 2. The largest absolute Gasteiger partial charge is 0.337 e.